The van der Waals surface area contributed by atoms with Crippen molar-refractivity contribution < 1.29 is 26.8 Å². The van der Waals surface area contributed by atoms with Crippen LogP contribution in [0.1, 0.15) is 13.8 Å². The van der Waals surface area contributed by atoms with Crippen molar-refractivity contribution in [1.29, 1.82) is 0 Å². The summed E-state index contributed by atoms with van der Waals surface area (Å²) in [6, 6.07) is 0. The van der Waals surface area contributed by atoms with E-state index in [2.05, 4.69) is 6.92 Å². The van der Waals surface area contributed by atoms with Crippen LogP contribution in [-0.2, 0) is 21.7 Å². The standard InChI is InChI=1S/C2H6O.C2H5.Ti/c1-2-3;1-2;/h3H,2H2,1H3;1H2,2H3;/q;-1;. The molecular formula is C4H11OTi-. The Morgan fingerprint density at radius 1 is 1.50 bits per heavy atom. The van der Waals surface area contributed by atoms with Crippen LogP contribution in [0, 0.1) is 6.92 Å². The van der Waals surface area contributed by atoms with E-state index in [4.69, 9.17) is 5.11 Å². The molecule has 0 rings (SSSR count). The fourth-order valence-electron chi connectivity index (χ4n) is 0. The van der Waals surface area contributed by atoms with E-state index in [0.717, 1.165) is 0 Å². The molecule has 1 nitrogen and oxygen atoms in total. The van der Waals surface area contributed by atoms with Gasteiger partial charge in [0, 0.05) is 28.3 Å². The first-order valence-corrected chi connectivity index (χ1v) is 1.73. The second-order valence-corrected chi connectivity index (χ2v) is 0.316. The van der Waals surface area contributed by atoms with Gasteiger partial charge < -0.3 is 12.0 Å². The maximum Gasteiger partial charge on any atom is 0.0402 e. The zero-order valence-electron chi connectivity index (χ0n) is 4.36. The normalized spacial score (nSPS) is 4.00. The van der Waals surface area contributed by atoms with Crippen LogP contribution in [0.4, 0.5) is 0 Å². The molecule has 0 aliphatic rings. The Morgan fingerprint density at radius 3 is 1.50 bits per heavy atom. The van der Waals surface area contributed by atoms with Crippen molar-refractivity contribution in [2.24, 2.45) is 0 Å². The van der Waals surface area contributed by atoms with Crippen LogP contribution in [0.5, 0.6) is 0 Å². The van der Waals surface area contributed by atoms with E-state index in [9.17, 15) is 0 Å². The molecule has 0 aromatic rings. The molecule has 0 aromatic carbocycles. The van der Waals surface area contributed by atoms with Gasteiger partial charge in [0.05, 0.1) is 0 Å². The van der Waals surface area contributed by atoms with Crippen LogP contribution in [0.3, 0.4) is 0 Å². The summed E-state index contributed by atoms with van der Waals surface area (Å²) in [5.41, 5.74) is 0. The Balaban J connectivity index is -0.0000000275. The molecule has 0 unspecified atom stereocenters. The van der Waals surface area contributed by atoms with E-state index in [1.807, 2.05) is 0 Å². The van der Waals surface area contributed by atoms with E-state index in [-0.39, 0.29) is 28.3 Å². The van der Waals surface area contributed by atoms with Crippen molar-refractivity contribution in [1.82, 2.24) is 0 Å². The first kappa shape index (κ1) is 15.9. The molecule has 0 saturated heterocycles. The van der Waals surface area contributed by atoms with Gasteiger partial charge in [0.15, 0.2) is 0 Å². The van der Waals surface area contributed by atoms with Gasteiger partial charge in [0.2, 0.25) is 0 Å². The molecule has 0 bridgehead atoms. The minimum atomic E-state index is 0. The third kappa shape index (κ3) is 139. The molecular weight excluding hydrogens is 112 g/mol. The smallest absolute Gasteiger partial charge is 0.0402 e. The average molecular weight is 123 g/mol. The monoisotopic (exact) mass is 123 g/mol. The van der Waals surface area contributed by atoms with Crippen LogP contribution < -0.4 is 0 Å². The van der Waals surface area contributed by atoms with Gasteiger partial charge in [0.1, 0.15) is 0 Å². The summed E-state index contributed by atoms with van der Waals surface area (Å²) in [6.45, 7) is 6.93. The summed E-state index contributed by atoms with van der Waals surface area (Å²) in [5.74, 6) is 0. The number of aliphatic hydroxyl groups excluding tert-OH is 1. The van der Waals surface area contributed by atoms with Gasteiger partial charge in [-0.1, -0.05) is 0 Å². The summed E-state index contributed by atoms with van der Waals surface area (Å²) >= 11 is 0. The van der Waals surface area contributed by atoms with Crippen LogP contribution >= 0.6 is 0 Å². The molecule has 0 atom stereocenters. The summed E-state index contributed by atoms with van der Waals surface area (Å²) in [6.07, 6.45) is 0. The van der Waals surface area contributed by atoms with E-state index in [1.165, 1.54) is 0 Å². The van der Waals surface area contributed by atoms with Gasteiger partial charge in [-0.15, -0.1) is 0 Å². The first-order chi connectivity index (χ1) is 2.41. The molecule has 0 aliphatic heterocycles. The van der Waals surface area contributed by atoms with Gasteiger partial charge in [-0.3, -0.25) is 0 Å². The second kappa shape index (κ2) is 44.2. The molecule has 0 heterocycles. The molecule has 38 valence electrons. The first-order valence-electron chi connectivity index (χ1n) is 1.73. The molecule has 0 aliphatic carbocycles. The molecule has 0 fully saturated rings. The number of hydrogen-bond donors (Lipinski definition) is 1. The number of rotatable bonds is 0. The average Bonchev–Trinajstić information content (AvgIpc) is 1.46. The summed E-state index contributed by atoms with van der Waals surface area (Å²) in [5, 5.41) is 7.57. The Bertz CT molecular complexity index is 7.51. The largest absolute Gasteiger partial charge is 0.397 e. The fourth-order valence-corrected chi connectivity index (χ4v) is 0. The summed E-state index contributed by atoms with van der Waals surface area (Å²) < 4.78 is 0. The summed E-state index contributed by atoms with van der Waals surface area (Å²) in [4.78, 5) is 0. The van der Waals surface area contributed by atoms with Crippen molar-refractivity contribution in [3.05, 3.63) is 6.92 Å². The Labute approximate surface area is 54.6 Å². The molecule has 0 saturated carbocycles. The van der Waals surface area contributed by atoms with Gasteiger partial charge >= 0.3 is 0 Å². The minimum absolute atomic E-state index is 0. The zero-order valence-corrected chi connectivity index (χ0v) is 5.92. The van der Waals surface area contributed by atoms with E-state index >= 15 is 0 Å². The van der Waals surface area contributed by atoms with Crippen molar-refractivity contribution in [2.75, 3.05) is 6.61 Å². The Morgan fingerprint density at radius 2 is 1.50 bits per heavy atom. The van der Waals surface area contributed by atoms with E-state index in [0.29, 0.717) is 0 Å². The maximum absolute atomic E-state index is 7.57. The SMILES string of the molecule is CCO.[CH2-]C.[Ti]. The van der Waals surface area contributed by atoms with Gasteiger partial charge in [-0.05, 0) is 6.92 Å². The van der Waals surface area contributed by atoms with Crippen LogP contribution in [-0.4, -0.2) is 11.7 Å². The third-order valence-electron chi connectivity index (χ3n) is 0. The molecule has 0 spiro atoms. The van der Waals surface area contributed by atoms with Crippen molar-refractivity contribution in [3.8, 4) is 0 Å². The second-order valence-electron chi connectivity index (χ2n) is 0.316. The van der Waals surface area contributed by atoms with Crippen molar-refractivity contribution in [3.63, 3.8) is 0 Å². The summed E-state index contributed by atoms with van der Waals surface area (Å²) in [7, 11) is 0. The van der Waals surface area contributed by atoms with E-state index in [1.54, 1.807) is 13.8 Å². The predicted molar refractivity (Wildman–Crippen MR) is 23.8 cm³/mol. The van der Waals surface area contributed by atoms with Crippen LogP contribution in [0.25, 0.3) is 0 Å². The molecule has 0 radical (unpaired) electrons. The third-order valence-corrected chi connectivity index (χ3v) is 0. The minimum Gasteiger partial charge on any atom is -0.397 e. The number of aliphatic hydroxyl groups is 1. The van der Waals surface area contributed by atoms with E-state index < -0.39 is 0 Å². The number of hydrogen-bond acceptors (Lipinski definition) is 1. The molecule has 0 amide bonds. The quantitative estimate of drug-likeness (QED) is 0.373. The molecule has 2 heteroatoms. The van der Waals surface area contributed by atoms with Gasteiger partial charge in [0.25, 0.3) is 0 Å². The Kier molecular flexibility index (Phi) is 117. The maximum atomic E-state index is 7.57. The fraction of sp³-hybridized carbons (Fsp3) is 0.750. The van der Waals surface area contributed by atoms with Gasteiger partial charge in [-0.2, -0.15) is 6.92 Å². The molecule has 6 heavy (non-hydrogen) atoms. The Hall–Kier alpha value is 0.674. The van der Waals surface area contributed by atoms with Crippen LogP contribution in [0.15, 0.2) is 0 Å². The predicted octanol–water partition coefficient (Wildman–Crippen LogP) is 0.836. The van der Waals surface area contributed by atoms with Gasteiger partial charge in [-0.25, -0.2) is 0 Å². The van der Waals surface area contributed by atoms with Crippen LogP contribution in [0.2, 0.25) is 0 Å². The van der Waals surface area contributed by atoms with Crippen molar-refractivity contribution in [2.45, 2.75) is 13.8 Å². The topological polar surface area (TPSA) is 20.2 Å². The van der Waals surface area contributed by atoms with Crippen molar-refractivity contribution >= 4 is 0 Å². The molecule has 0 aromatic heterocycles. The zero-order chi connectivity index (χ0) is 4.71. The molecule has 1 N–H and O–H groups in total.